The Labute approximate surface area is 172 Å². The fourth-order valence-corrected chi connectivity index (χ4v) is 9.12. The van der Waals surface area contributed by atoms with Crippen molar-refractivity contribution in [1.82, 2.24) is 4.31 Å². The molecule has 1 aliphatic heterocycles. The van der Waals surface area contributed by atoms with Crippen LogP contribution in [0.2, 0.25) is 0 Å². The lowest BCUT2D eigenvalue weighted by molar-refractivity contribution is 0.0143. The van der Waals surface area contributed by atoms with Crippen LogP contribution in [0.4, 0.5) is 4.39 Å². The van der Waals surface area contributed by atoms with Crippen molar-refractivity contribution in [3.05, 3.63) is 41.2 Å². The van der Waals surface area contributed by atoms with E-state index >= 15 is 0 Å². The summed E-state index contributed by atoms with van der Waals surface area (Å²) in [5.74, 6) is 0.209. The quantitative estimate of drug-likeness (QED) is 0.813. The Morgan fingerprint density at radius 2 is 1.93 bits per heavy atom. The van der Waals surface area contributed by atoms with E-state index in [9.17, 15) is 17.9 Å². The lowest BCUT2D eigenvalue weighted by atomic mass is 9.70. The van der Waals surface area contributed by atoms with E-state index in [1.807, 2.05) is 6.08 Å². The van der Waals surface area contributed by atoms with Crippen LogP contribution in [0.1, 0.15) is 57.1 Å². The number of sulfonamides is 1. The van der Waals surface area contributed by atoms with Gasteiger partial charge in [0.25, 0.3) is 0 Å². The van der Waals surface area contributed by atoms with E-state index in [2.05, 4.69) is 19.9 Å². The van der Waals surface area contributed by atoms with Gasteiger partial charge in [0, 0.05) is 23.9 Å². The van der Waals surface area contributed by atoms with Crippen LogP contribution in [-0.4, -0.2) is 42.8 Å². The van der Waals surface area contributed by atoms with E-state index in [-0.39, 0.29) is 22.4 Å². The summed E-state index contributed by atoms with van der Waals surface area (Å²) in [6.45, 7) is 5.16. The third-order valence-corrected chi connectivity index (χ3v) is 11.0. The van der Waals surface area contributed by atoms with Crippen molar-refractivity contribution < 1.29 is 17.9 Å². The molecule has 5 rings (SSSR count). The molecule has 1 spiro atoms. The van der Waals surface area contributed by atoms with Gasteiger partial charge in [-0.05, 0) is 66.7 Å². The van der Waals surface area contributed by atoms with Crippen LogP contribution in [0.5, 0.6) is 0 Å². The molecule has 158 valence electrons. The van der Waals surface area contributed by atoms with Crippen molar-refractivity contribution in [2.45, 2.75) is 57.5 Å². The van der Waals surface area contributed by atoms with Crippen LogP contribution in [-0.2, 0) is 15.4 Å². The van der Waals surface area contributed by atoms with Crippen LogP contribution in [0.25, 0.3) is 6.08 Å². The molecule has 3 fully saturated rings. The van der Waals surface area contributed by atoms with Gasteiger partial charge >= 0.3 is 0 Å². The Hall–Kier alpha value is -1.24. The van der Waals surface area contributed by atoms with Crippen molar-refractivity contribution in [3.63, 3.8) is 0 Å². The normalized spacial score (nSPS) is 34.8. The molecule has 1 unspecified atom stereocenters. The highest BCUT2D eigenvalue weighted by Crippen LogP contribution is 2.66. The summed E-state index contributed by atoms with van der Waals surface area (Å²) in [5, 5.41) is 10.7. The van der Waals surface area contributed by atoms with E-state index in [1.54, 1.807) is 16.4 Å². The topological polar surface area (TPSA) is 57.6 Å². The molecule has 29 heavy (non-hydrogen) atoms. The molecule has 1 N–H and O–H groups in total. The summed E-state index contributed by atoms with van der Waals surface area (Å²) in [4.78, 5) is 0. The summed E-state index contributed by atoms with van der Waals surface area (Å²) < 4.78 is 42.2. The molecule has 0 aromatic heterocycles. The predicted octanol–water partition coefficient (Wildman–Crippen LogP) is 3.70. The molecule has 0 amide bonds. The number of fused-ring (bicyclic) bond motifs is 4. The summed E-state index contributed by atoms with van der Waals surface area (Å²) in [6.07, 6.45) is 7.49. The lowest BCUT2D eigenvalue weighted by Crippen LogP contribution is -2.51. The first-order chi connectivity index (χ1) is 13.6. The largest absolute Gasteiger partial charge is 0.392 e. The van der Waals surface area contributed by atoms with E-state index in [4.69, 9.17) is 0 Å². The van der Waals surface area contributed by atoms with E-state index in [0.717, 1.165) is 30.4 Å². The molecule has 3 aliphatic carbocycles. The van der Waals surface area contributed by atoms with Crippen LogP contribution in [0, 0.1) is 22.6 Å². The summed E-state index contributed by atoms with van der Waals surface area (Å²) >= 11 is 0. The Morgan fingerprint density at radius 1 is 1.21 bits per heavy atom. The standard InChI is InChI=1S/C23H30FNO3S/c1-21(2)17-6-8-23(21,20(26)13-17)15-29(27,28)25-11-9-22(10-12-25)7-5-16-3-4-18(24)14-19(16)22/h3-5,7,14,17,20,26H,6,8-13,15H2,1-2H3/t17?,20-,23+/m0/s1. The second kappa shape index (κ2) is 6.14. The minimum absolute atomic E-state index is 0.0404. The maximum atomic E-state index is 13.8. The molecule has 1 aromatic carbocycles. The van der Waals surface area contributed by atoms with Crippen molar-refractivity contribution in [3.8, 4) is 0 Å². The number of hydrogen-bond donors (Lipinski definition) is 1. The molecule has 6 heteroatoms. The third-order valence-electron chi connectivity index (χ3n) is 8.97. The van der Waals surface area contributed by atoms with Gasteiger partial charge in [-0.1, -0.05) is 32.1 Å². The number of hydrogen-bond acceptors (Lipinski definition) is 3. The van der Waals surface area contributed by atoms with E-state index < -0.39 is 21.5 Å². The van der Waals surface area contributed by atoms with Gasteiger partial charge in [-0.15, -0.1) is 0 Å². The van der Waals surface area contributed by atoms with Gasteiger partial charge in [-0.2, -0.15) is 0 Å². The molecular weight excluding hydrogens is 389 g/mol. The fraction of sp³-hybridized carbons (Fsp3) is 0.652. The highest BCUT2D eigenvalue weighted by atomic mass is 32.2. The van der Waals surface area contributed by atoms with Crippen molar-refractivity contribution in [1.29, 1.82) is 0 Å². The molecular formula is C23H30FNO3S. The number of halogens is 1. The number of piperidine rings is 1. The minimum Gasteiger partial charge on any atom is -0.392 e. The van der Waals surface area contributed by atoms with Gasteiger partial charge in [-0.25, -0.2) is 17.1 Å². The molecule has 1 heterocycles. The van der Waals surface area contributed by atoms with Crippen molar-refractivity contribution in [2.24, 2.45) is 16.7 Å². The van der Waals surface area contributed by atoms with Crippen LogP contribution in [0.15, 0.2) is 24.3 Å². The minimum atomic E-state index is -3.47. The number of benzene rings is 1. The van der Waals surface area contributed by atoms with Crippen molar-refractivity contribution >= 4 is 16.1 Å². The summed E-state index contributed by atoms with van der Waals surface area (Å²) in [6, 6.07) is 4.89. The average Bonchev–Trinajstić information content (AvgIpc) is 3.18. The van der Waals surface area contributed by atoms with Crippen LogP contribution < -0.4 is 0 Å². The Bertz CT molecular complexity index is 978. The number of aliphatic hydroxyl groups is 1. The predicted molar refractivity (Wildman–Crippen MR) is 111 cm³/mol. The second-order valence-corrected chi connectivity index (χ2v) is 12.2. The maximum Gasteiger partial charge on any atom is 0.214 e. The first-order valence-electron chi connectivity index (χ1n) is 10.7. The molecule has 3 atom stereocenters. The summed E-state index contributed by atoms with van der Waals surface area (Å²) in [5.41, 5.74) is 1.08. The third kappa shape index (κ3) is 2.64. The molecule has 1 aromatic rings. The van der Waals surface area contributed by atoms with Gasteiger partial charge < -0.3 is 5.11 Å². The molecule has 2 saturated carbocycles. The van der Waals surface area contributed by atoms with Crippen LogP contribution >= 0.6 is 0 Å². The SMILES string of the molecule is CC1(C)C2CC[C@@]1(CS(=O)(=O)N1CCC3(C=Cc4ccc(F)cc43)CC1)[C@@H](O)C2. The monoisotopic (exact) mass is 419 g/mol. The molecule has 1 saturated heterocycles. The number of allylic oxidation sites excluding steroid dienone is 1. The van der Waals surface area contributed by atoms with Gasteiger partial charge in [-0.3, -0.25) is 0 Å². The fourth-order valence-electron chi connectivity index (χ4n) is 6.84. The van der Waals surface area contributed by atoms with Gasteiger partial charge in [0.2, 0.25) is 10.0 Å². The smallest absolute Gasteiger partial charge is 0.214 e. The highest BCUT2D eigenvalue weighted by Gasteiger charge is 2.65. The Balaban J connectivity index is 1.36. The number of aliphatic hydroxyl groups excluding tert-OH is 1. The van der Waals surface area contributed by atoms with Gasteiger partial charge in [0.1, 0.15) is 5.82 Å². The first kappa shape index (κ1) is 19.7. The Kier molecular flexibility index (Phi) is 4.18. The molecule has 4 aliphatic rings. The Morgan fingerprint density at radius 3 is 2.55 bits per heavy atom. The maximum absolute atomic E-state index is 13.8. The van der Waals surface area contributed by atoms with E-state index in [0.29, 0.717) is 31.8 Å². The van der Waals surface area contributed by atoms with Gasteiger partial charge in [0.05, 0.1) is 11.9 Å². The van der Waals surface area contributed by atoms with Crippen molar-refractivity contribution in [2.75, 3.05) is 18.8 Å². The van der Waals surface area contributed by atoms with Gasteiger partial charge in [0.15, 0.2) is 0 Å². The zero-order chi connectivity index (χ0) is 20.7. The molecule has 2 bridgehead atoms. The lowest BCUT2D eigenvalue weighted by Gasteiger charge is -2.43. The van der Waals surface area contributed by atoms with E-state index in [1.165, 1.54) is 6.07 Å². The second-order valence-electron chi connectivity index (χ2n) is 10.2. The first-order valence-corrected chi connectivity index (χ1v) is 12.4. The number of nitrogens with zero attached hydrogens (tertiary/aromatic N) is 1. The van der Waals surface area contributed by atoms with Crippen LogP contribution in [0.3, 0.4) is 0 Å². The highest BCUT2D eigenvalue weighted by molar-refractivity contribution is 7.89. The summed E-state index contributed by atoms with van der Waals surface area (Å²) in [7, 11) is -3.47. The molecule has 4 nitrogen and oxygen atoms in total. The average molecular weight is 420 g/mol. The zero-order valence-corrected chi connectivity index (χ0v) is 18.0. The number of rotatable bonds is 3. The molecule has 0 radical (unpaired) electrons. The zero-order valence-electron chi connectivity index (χ0n) is 17.2.